The predicted octanol–water partition coefficient (Wildman–Crippen LogP) is 6.28. The molecule has 4 aliphatic rings. The van der Waals surface area contributed by atoms with Gasteiger partial charge in [0.2, 0.25) is 23.1 Å². The number of ether oxygens (including phenoxy) is 6. The Hall–Kier alpha value is -5.54. The summed E-state index contributed by atoms with van der Waals surface area (Å²) in [6.07, 6.45) is -1.04. The van der Waals surface area contributed by atoms with Crippen LogP contribution < -0.4 is 18.9 Å². The van der Waals surface area contributed by atoms with Gasteiger partial charge in [0, 0.05) is 12.8 Å². The van der Waals surface area contributed by atoms with Crippen LogP contribution in [0.15, 0.2) is 48.5 Å². The third-order valence-electron chi connectivity index (χ3n) is 11.3. The van der Waals surface area contributed by atoms with Crippen molar-refractivity contribution < 1.29 is 68.6 Å². The molecular formula is C44H48O14. The van der Waals surface area contributed by atoms with Crippen LogP contribution in [0.3, 0.4) is 0 Å². The van der Waals surface area contributed by atoms with Gasteiger partial charge in [-0.3, -0.25) is 9.59 Å². The maximum atomic E-state index is 13.4. The number of carbonyl (C=O) groups excluding carboxylic acids is 2. The van der Waals surface area contributed by atoms with Gasteiger partial charge in [0.15, 0.2) is 0 Å². The van der Waals surface area contributed by atoms with Gasteiger partial charge >= 0.3 is 0 Å². The fourth-order valence-corrected chi connectivity index (χ4v) is 8.13. The van der Waals surface area contributed by atoms with E-state index in [0.717, 1.165) is 0 Å². The molecule has 0 amide bonds. The lowest BCUT2D eigenvalue weighted by atomic mass is 9.89. The molecule has 0 radical (unpaired) electrons. The van der Waals surface area contributed by atoms with E-state index < -0.39 is 46.6 Å². The number of aromatic hydroxyl groups is 4. The molecule has 0 aromatic heterocycles. The van der Waals surface area contributed by atoms with Gasteiger partial charge in [-0.25, -0.2) is 0 Å². The fraction of sp³-hybridized carbons (Fsp3) is 0.409. The summed E-state index contributed by atoms with van der Waals surface area (Å²) in [6.45, 7) is 13.6. The highest BCUT2D eigenvalue weighted by Gasteiger charge is 2.55. The first-order chi connectivity index (χ1) is 27.3. The average molecular weight is 801 g/mol. The van der Waals surface area contributed by atoms with Crippen molar-refractivity contribution in [2.75, 3.05) is 13.2 Å². The number of rotatable bonds is 4. The van der Waals surface area contributed by atoms with Crippen LogP contribution in [0, 0.1) is 13.8 Å². The van der Waals surface area contributed by atoms with E-state index in [9.17, 15) is 40.2 Å². The van der Waals surface area contributed by atoms with Crippen LogP contribution in [0.1, 0.15) is 108 Å². The zero-order chi connectivity index (χ0) is 42.3. The first-order valence-corrected chi connectivity index (χ1v) is 19.1. The first kappa shape index (κ1) is 40.6. The summed E-state index contributed by atoms with van der Waals surface area (Å²) < 4.78 is 37.7. The number of aliphatic hydroxyl groups excluding tert-OH is 2. The lowest BCUT2D eigenvalue weighted by Crippen LogP contribution is -2.49. The van der Waals surface area contributed by atoms with E-state index in [2.05, 4.69) is 0 Å². The lowest BCUT2D eigenvalue weighted by molar-refractivity contribution is -0.247. The van der Waals surface area contributed by atoms with Gasteiger partial charge in [-0.05, 0) is 89.1 Å². The van der Waals surface area contributed by atoms with E-state index in [1.807, 2.05) is 13.8 Å². The molecule has 0 unspecified atom stereocenters. The summed E-state index contributed by atoms with van der Waals surface area (Å²) in [5.74, 6) is -4.24. The highest BCUT2D eigenvalue weighted by molar-refractivity contribution is 6.16. The molecule has 4 aliphatic heterocycles. The highest BCUT2D eigenvalue weighted by atomic mass is 16.7. The van der Waals surface area contributed by atoms with Crippen LogP contribution >= 0.6 is 0 Å². The third kappa shape index (κ3) is 6.08. The minimum absolute atomic E-state index is 0.0397. The van der Waals surface area contributed by atoms with Gasteiger partial charge in [-0.2, -0.15) is 0 Å². The highest BCUT2D eigenvalue weighted by Crippen LogP contribution is 2.55. The Balaban J connectivity index is 0.000000177. The van der Waals surface area contributed by atoms with Crippen molar-refractivity contribution in [3.05, 3.63) is 93.0 Å². The monoisotopic (exact) mass is 800 g/mol. The molecule has 0 saturated heterocycles. The molecule has 6 N–H and O–H groups in total. The second kappa shape index (κ2) is 14.1. The van der Waals surface area contributed by atoms with Gasteiger partial charge in [0.25, 0.3) is 0 Å². The average Bonchev–Trinajstić information content (AvgIpc) is 3.45. The summed E-state index contributed by atoms with van der Waals surface area (Å²) in [5.41, 5.74) is -0.342. The van der Waals surface area contributed by atoms with Crippen molar-refractivity contribution in [2.45, 2.75) is 103 Å². The SMILES string of the molecule is CC[C@@]12Oc3cccc(O)c3C(=O)c3c(O)cc(C)c(c31)OC(C)(C)[C@@H](CO)O2.CC[C@]12Oc3cccc(O)c3C(=O)c3c(O)cc(C)c(c31)OC(C)(C)[C@H](CO)O2. The molecule has 4 aromatic carbocycles. The summed E-state index contributed by atoms with van der Waals surface area (Å²) in [4.78, 5) is 26.9. The van der Waals surface area contributed by atoms with Gasteiger partial charge in [0.05, 0.1) is 35.5 Å². The molecule has 4 heterocycles. The third-order valence-corrected chi connectivity index (χ3v) is 11.3. The number of phenolic OH excluding ortho intramolecular Hbond substituents is 4. The number of hydrogen-bond acceptors (Lipinski definition) is 14. The topological polar surface area (TPSA) is 211 Å². The van der Waals surface area contributed by atoms with Crippen molar-refractivity contribution in [1.82, 2.24) is 0 Å². The Morgan fingerprint density at radius 2 is 0.914 bits per heavy atom. The number of fused-ring (bicyclic) bond motifs is 2. The number of ketones is 2. The standard InChI is InChI=1S/2C22H24O7/c2*1-5-22-18-17(19(26)16-12(24)7-6-8-14(16)27-22)13(25)9-11(2)20(18)29-21(3,4)15(10-23)28-22/h2*6-9,15,23-25H,5,10H2,1-4H3/t2*15-,22+/m10/s1. The molecule has 0 aliphatic carbocycles. The number of aryl methyl sites for hydroxylation is 2. The Kier molecular flexibility index (Phi) is 9.87. The van der Waals surface area contributed by atoms with Crippen molar-refractivity contribution in [1.29, 1.82) is 0 Å². The van der Waals surface area contributed by atoms with Crippen LogP contribution in [-0.4, -0.2) is 78.8 Å². The van der Waals surface area contributed by atoms with Gasteiger partial charge < -0.3 is 59.1 Å². The van der Waals surface area contributed by atoms with E-state index in [1.165, 1.54) is 24.3 Å². The molecule has 8 rings (SSSR count). The maximum absolute atomic E-state index is 13.4. The van der Waals surface area contributed by atoms with Crippen LogP contribution in [0.2, 0.25) is 0 Å². The van der Waals surface area contributed by atoms with Crippen molar-refractivity contribution in [3.8, 4) is 46.0 Å². The molecule has 4 aromatic rings. The molecule has 0 saturated carbocycles. The van der Waals surface area contributed by atoms with E-state index >= 15 is 0 Å². The lowest BCUT2D eigenvalue weighted by Gasteiger charge is -2.37. The molecule has 0 fully saturated rings. The normalized spacial score (nSPS) is 24.4. The van der Waals surface area contributed by atoms with Crippen LogP contribution in [0.25, 0.3) is 0 Å². The van der Waals surface area contributed by atoms with Crippen molar-refractivity contribution >= 4 is 11.6 Å². The Morgan fingerprint density at radius 1 is 0.552 bits per heavy atom. The Morgan fingerprint density at radius 3 is 1.24 bits per heavy atom. The van der Waals surface area contributed by atoms with Gasteiger partial charge in [0.1, 0.15) is 80.5 Å². The van der Waals surface area contributed by atoms with Crippen molar-refractivity contribution in [2.24, 2.45) is 0 Å². The maximum Gasteiger partial charge on any atom is 0.242 e. The molecule has 0 spiro atoms. The van der Waals surface area contributed by atoms with Crippen LogP contribution in [-0.2, 0) is 21.0 Å². The van der Waals surface area contributed by atoms with Gasteiger partial charge in [-0.15, -0.1) is 0 Å². The number of aliphatic hydroxyl groups is 2. The summed E-state index contributed by atoms with van der Waals surface area (Å²) in [5, 5.41) is 62.2. The van der Waals surface area contributed by atoms with E-state index in [0.29, 0.717) is 22.6 Å². The quantitative estimate of drug-likeness (QED) is 0.134. The van der Waals surface area contributed by atoms with Crippen LogP contribution in [0.5, 0.6) is 46.0 Å². The van der Waals surface area contributed by atoms with E-state index in [4.69, 9.17) is 28.4 Å². The van der Waals surface area contributed by atoms with Gasteiger partial charge in [-0.1, -0.05) is 26.0 Å². The molecular weight excluding hydrogens is 752 g/mol. The summed E-state index contributed by atoms with van der Waals surface area (Å²) in [7, 11) is 0. The van der Waals surface area contributed by atoms with Crippen molar-refractivity contribution in [3.63, 3.8) is 0 Å². The molecule has 308 valence electrons. The molecule has 14 heteroatoms. The van der Waals surface area contributed by atoms with E-state index in [1.54, 1.807) is 65.8 Å². The second-order valence-electron chi connectivity index (χ2n) is 15.9. The largest absolute Gasteiger partial charge is 0.507 e. The Labute approximate surface area is 335 Å². The summed E-state index contributed by atoms with van der Waals surface area (Å²) >= 11 is 0. The predicted molar refractivity (Wildman–Crippen MR) is 207 cm³/mol. The molecule has 14 nitrogen and oxygen atoms in total. The molecule has 0 bridgehead atoms. The zero-order valence-corrected chi connectivity index (χ0v) is 33.6. The molecule has 4 atom stereocenters. The Bertz CT molecular complexity index is 2180. The van der Waals surface area contributed by atoms with Crippen LogP contribution in [0.4, 0.5) is 0 Å². The second-order valence-corrected chi connectivity index (χ2v) is 15.9. The zero-order valence-electron chi connectivity index (χ0n) is 33.6. The number of benzene rings is 4. The smallest absolute Gasteiger partial charge is 0.242 e. The molecule has 58 heavy (non-hydrogen) atoms. The fourth-order valence-electron chi connectivity index (χ4n) is 8.13. The van der Waals surface area contributed by atoms with E-state index in [-0.39, 0.29) is 93.9 Å². The summed E-state index contributed by atoms with van der Waals surface area (Å²) in [6, 6.07) is 11.9. The number of hydrogen-bond donors (Lipinski definition) is 6. The number of carbonyl (C=O) groups is 2. The minimum atomic E-state index is -1.51. The number of phenols is 4. The minimum Gasteiger partial charge on any atom is -0.507 e. The first-order valence-electron chi connectivity index (χ1n) is 19.1.